The van der Waals surface area contributed by atoms with Gasteiger partial charge in [-0.15, -0.1) is 0 Å². The van der Waals surface area contributed by atoms with Gasteiger partial charge in [0.15, 0.2) is 0 Å². The maximum atomic E-state index is 13.1. The largest absolute Gasteiger partial charge is 0.450 e. The van der Waals surface area contributed by atoms with E-state index in [1.807, 2.05) is 16.7 Å². The van der Waals surface area contributed by atoms with Crippen molar-refractivity contribution >= 4 is 12.1 Å². The van der Waals surface area contributed by atoms with Crippen molar-refractivity contribution in [1.29, 1.82) is 0 Å². The van der Waals surface area contributed by atoms with Crippen molar-refractivity contribution in [2.24, 2.45) is 5.41 Å². The number of hydrogen-bond acceptors (Lipinski definition) is 4. The van der Waals surface area contributed by atoms with Crippen molar-refractivity contribution in [2.45, 2.75) is 84.3 Å². The van der Waals surface area contributed by atoms with Crippen LogP contribution in [0.15, 0.2) is 11.6 Å². The molecule has 0 radical (unpaired) electrons. The van der Waals surface area contributed by atoms with E-state index in [1.54, 1.807) is 0 Å². The summed E-state index contributed by atoms with van der Waals surface area (Å²) in [4.78, 5) is 33.8. The monoisotopic (exact) mass is 446 g/mol. The highest BCUT2D eigenvalue weighted by Gasteiger charge is 2.51. The Morgan fingerprint density at radius 2 is 2.00 bits per heavy atom. The first-order valence-corrected chi connectivity index (χ1v) is 12.8. The van der Waals surface area contributed by atoms with Gasteiger partial charge in [-0.05, 0) is 77.2 Å². The first-order chi connectivity index (χ1) is 15.4. The maximum absolute atomic E-state index is 13.1. The first kappa shape index (κ1) is 23.4. The summed E-state index contributed by atoms with van der Waals surface area (Å²) < 4.78 is 5.19. The van der Waals surface area contributed by atoms with E-state index in [-0.39, 0.29) is 24.2 Å². The molecule has 1 aliphatic carbocycles. The highest BCUT2D eigenvalue weighted by molar-refractivity contribution is 5.76. The van der Waals surface area contributed by atoms with Gasteiger partial charge < -0.3 is 19.4 Å². The molecule has 1 saturated carbocycles. The zero-order valence-electron chi connectivity index (χ0n) is 20.5. The van der Waals surface area contributed by atoms with Gasteiger partial charge in [0, 0.05) is 51.4 Å². The molecule has 0 aromatic heterocycles. The fraction of sp³-hybridized carbons (Fsp3) is 0.840. The number of likely N-dealkylation sites (tertiary alicyclic amines) is 2. The van der Waals surface area contributed by atoms with E-state index in [1.165, 1.54) is 18.4 Å². The highest BCUT2D eigenvalue weighted by atomic mass is 16.6. The summed E-state index contributed by atoms with van der Waals surface area (Å²) in [5, 5.41) is 0. The van der Waals surface area contributed by atoms with E-state index in [0.29, 0.717) is 18.1 Å². The van der Waals surface area contributed by atoms with Crippen LogP contribution in [0.4, 0.5) is 9.59 Å². The Bertz CT molecular complexity index is 731. The third-order valence-corrected chi connectivity index (χ3v) is 8.23. The van der Waals surface area contributed by atoms with Crippen LogP contribution in [0.2, 0.25) is 0 Å². The van der Waals surface area contributed by atoms with Crippen molar-refractivity contribution in [2.75, 3.05) is 45.9 Å². The van der Waals surface area contributed by atoms with Gasteiger partial charge in [-0.1, -0.05) is 6.08 Å². The third-order valence-electron chi connectivity index (χ3n) is 8.23. The molecule has 7 nitrogen and oxygen atoms in total. The van der Waals surface area contributed by atoms with Crippen LogP contribution in [0, 0.1) is 5.41 Å². The van der Waals surface area contributed by atoms with Crippen LogP contribution in [0.1, 0.15) is 66.2 Å². The van der Waals surface area contributed by atoms with E-state index in [0.717, 1.165) is 65.0 Å². The van der Waals surface area contributed by atoms with Crippen LogP contribution in [-0.4, -0.2) is 95.7 Å². The van der Waals surface area contributed by atoms with E-state index in [4.69, 9.17) is 4.74 Å². The van der Waals surface area contributed by atoms with Crippen LogP contribution < -0.4 is 0 Å². The topological polar surface area (TPSA) is 56.3 Å². The Balaban J connectivity index is 1.29. The molecule has 0 unspecified atom stereocenters. The lowest BCUT2D eigenvalue weighted by atomic mass is 9.64. The van der Waals surface area contributed by atoms with Crippen LogP contribution in [-0.2, 0) is 4.74 Å². The van der Waals surface area contributed by atoms with Gasteiger partial charge >= 0.3 is 12.1 Å². The fourth-order valence-corrected chi connectivity index (χ4v) is 6.44. The van der Waals surface area contributed by atoms with Crippen molar-refractivity contribution < 1.29 is 14.3 Å². The average Bonchev–Trinajstić information content (AvgIpc) is 3.41. The molecule has 1 atom stereocenters. The third kappa shape index (κ3) is 4.50. The molecule has 32 heavy (non-hydrogen) atoms. The molecule has 180 valence electrons. The van der Waals surface area contributed by atoms with Crippen molar-refractivity contribution in [3.05, 3.63) is 11.6 Å². The Hall–Kier alpha value is -1.76. The van der Waals surface area contributed by atoms with Gasteiger partial charge in [0.25, 0.3) is 0 Å². The molecule has 3 aliphatic heterocycles. The number of carbonyl (C=O) groups excluding carboxylic acids is 2. The zero-order chi connectivity index (χ0) is 22.9. The summed E-state index contributed by atoms with van der Waals surface area (Å²) >= 11 is 0. The summed E-state index contributed by atoms with van der Waals surface area (Å²) in [6.07, 6.45) is 9.04. The number of amides is 3. The molecule has 7 heteroatoms. The molecule has 0 N–H and O–H groups in total. The molecule has 3 fully saturated rings. The van der Waals surface area contributed by atoms with Crippen LogP contribution in [0.5, 0.6) is 0 Å². The first-order valence-electron chi connectivity index (χ1n) is 12.8. The second-order valence-electron chi connectivity index (χ2n) is 10.5. The number of hydrogen-bond donors (Lipinski definition) is 0. The Morgan fingerprint density at radius 3 is 2.62 bits per heavy atom. The van der Waals surface area contributed by atoms with Gasteiger partial charge in [-0.2, -0.15) is 0 Å². The van der Waals surface area contributed by atoms with Crippen LogP contribution in [0.25, 0.3) is 0 Å². The van der Waals surface area contributed by atoms with Gasteiger partial charge in [0.2, 0.25) is 0 Å². The molecule has 0 bridgehead atoms. The highest BCUT2D eigenvalue weighted by Crippen LogP contribution is 2.50. The second kappa shape index (κ2) is 9.62. The molecule has 4 rings (SSSR count). The van der Waals surface area contributed by atoms with Crippen molar-refractivity contribution in [3.8, 4) is 0 Å². The number of rotatable bonds is 5. The number of nitrogens with zero attached hydrogens (tertiary/aromatic N) is 4. The Morgan fingerprint density at radius 1 is 1.22 bits per heavy atom. The fourth-order valence-electron chi connectivity index (χ4n) is 6.44. The van der Waals surface area contributed by atoms with E-state index in [9.17, 15) is 9.59 Å². The maximum Gasteiger partial charge on any atom is 0.409 e. The molecular formula is C25H42N4O3. The lowest BCUT2D eigenvalue weighted by Crippen LogP contribution is -2.54. The minimum absolute atomic E-state index is 0.145. The van der Waals surface area contributed by atoms with Gasteiger partial charge in [0.1, 0.15) is 0 Å². The summed E-state index contributed by atoms with van der Waals surface area (Å²) in [6, 6.07) is 1.37. The number of ether oxygens (including phenoxy) is 1. The molecule has 1 spiro atoms. The standard InChI is InChI=1S/C25H42N4O3/c1-5-28(19(3)4)23(30)29-12-7-8-22(29)20-9-13-26(14-10-20)21-16-25(17-21)11-15-27(18-25)24(31)32-6-2/h9,19,21-22H,5-8,10-18H2,1-4H3/t21?,22-,25?/m0/s1. The second-order valence-corrected chi connectivity index (χ2v) is 10.5. The molecule has 4 aliphatic rings. The minimum atomic E-state index is -0.145. The Kier molecular flexibility index (Phi) is 7.03. The molecule has 0 aromatic rings. The summed E-state index contributed by atoms with van der Waals surface area (Å²) in [5.41, 5.74) is 1.78. The lowest BCUT2D eigenvalue weighted by molar-refractivity contribution is 0.00971. The molecule has 0 aromatic carbocycles. The summed E-state index contributed by atoms with van der Waals surface area (Å²) in [7, 11) is 0. The lowest BCUT2D eigenvalue weighted by Gasteiger charge is -2.51. The SMILES string of the molecule is CCOC(=O)N1CCC2(CC(N3CC=C([C@@H]4CCCN4C(=O)N(CC)C(C)C)CC3)C2)C1. The van der Waals surface area contributed by atoms with Crippen LogP contribution in [0.3, 0.4) is 0 Å². The van der Waals surface area contributed by atoms with E-state index >= 15 is 0 Å². The van der Waals surface area contributed by atoms with E-state index in [2.05, 4.69) is 36.6 Å². The number of carbonyl (C=O) groups is 2. The minimum Gasteiger partial charge on any atom is -0.450 e. The Labute approximate surface area is 193 Å². The summed E-state index contributed by atoms with van der Waals surface area (Å²) in [6.45, 7) is 14.0. The molecule has 3 amide bonds. The van der Waals surface area contributed by atoms with Crippen LogP contribution >= 0.6 is 0 Å². The molecule has 2 saturated heterocycles. The predicted octanol–water partition coefficient (Wildman–Crippen LogP) is 3.94. The smallest absolute Gasteiger partial charge is 0.409 e. The predicted molar refractivity (Wildman–Crippen MR) is 126 cm³/mol. The normalized spacial score (nSPS) is 30.6. The van der Waals surface area contributed by atoms with Crippen molar-refractivity contribution in [3.63, 3.8) is 0 Å². The van der Waals surface area contributed by atoms with E-state index < -0.39 is 0 Å². The van der Waals surface area contributed by atoms with Crippen molar-refractivity contribution in [1.82, 2.24) is 19.6 Å². The van der Waals surface area contributed by atoms with Gasteiger partial charge in [-0.3, -0.25) is 4.90 Å². The summed E-state index contributed by atoms with van der Waals surface area (Å²) in [5.74, 6) is 0. The molecular weight excluding hydrogens is 404 g/mol. The number of urea groups is 1. The van der Waals surface area contributed by atoms with Gasteiger partial charge in [0.05, 0.1) is 12.6 Å². The zero-order valence-corrected chi connectivity index (χ0v) is 20.5. The molecule has 3 heterocycles. The quantitative estimate of drug-likeness (QED) is 0.600. The average molecular weight is 447 g/mol. The van der Waals surface area contributed by atoms with Gasteiger partial charge in [-0.25, -0.2) is 9.59 Å².